The van der Waals surface area contributed by atoms with Crippen LogP contribution in [0.1, 0.15) is 6.42 Å². The Morgan fingerprint density at radius 1 is 1.60 bits per heavy atom. The number of fused-ring (bicyclic) bond motifs is 1. The number of hydrogen-bond acceptors (Lipinski definition) is 3. The van der Waals surface area contributed by atoms with Gasteiger partial charge in [0.2, 0.25) is 0 Å². The predicted octanol–water partition coefficient (Wildman–Crippen LogP) is -0.646. The van der Waals surface area contributed by atoms with Gasteiger partial charge in [0.15, 0.2) is 0 Å². The van der Waals surface area contributed by atoms with Crippen molar-refractivity contribution in [1.29, 1.82) is 0 Å². The second-order valence-corrected chi connectivity index (χ2v) is 3.14. The highest BCUT2D eigenvalue weighted by Gasteiger charge is 2.55. The topological polar surface area (TPSA) is 44.8 Å². The van der Waals surface area contributed by atoms with Gasteiger partial charge in [0.25, 0.3) is 0 Å². The standard InChI is InChI=1S/C7H13NO2/c1-8-5-2-4(3-9)6-7(5)10-6/h4-9H,2-3H2,1H3/t4?,5-,6-,7?/m1/s1. The van der Waals surface area contributed by atoms with Gasteiger partial charge < -0.3 is 15.2 Å². The Morgan fingerprint density at radius 3 is 2.80 bits per heavy atom. The Kier molecular flexibility index (Phi) is 1.44. The van der Waals surface area contributed by atoms with E-state index in [9.17, 15) is 0 Å². The molecule has 10 heavy (non-hydrogen) atoms. The van der Waals surface area contributed by atoms with Crippen molar-refractivity contribution in [2.75, 3.05) is 13.7 Å². The van der Waals surface area contributed by atoms with Crippen molar-refractivity contribution in [3.05, 3.63) is 0 Å². The zero-order valence-electron chi connectivity index (χ0n) is 6.08. The van der Waals surface area contributed by atoms with E-state index >= 15 is 0 Å². The molecule has 2 N–H and O–H groups in total. The smallest absolute Gasteiger partial charge is 0.0998 e. The van der Waals surface area contributed by atoms with E-state index in [2.05, 4.69) is 5.32 Å². The Labute approximate surface area is 60.4 Å². The van der Waals surface area contributed by atoms with Crippen molar-refractivity contribution in [3.63, 3.8) is 0 Å². The molecule has 2 aliphatic rings. The van der Waals surface area contributed by atoms with Gasteiger partial charge >= 0.3 is 0 Å². The van der Waals surface area contributed by atoms with Crippen LogP contribution in [-0.4, -0.2) is 37.0 Å². The molecule has 0 aromatic heterocycles. The van der Waals surface area contributed by atoms with Gasteiger partial charge in [-0.1, -0.05) is 0 Å². The zero-order valence-corrected chi connectivity index (χ0v) is 6.08. The lowest BCUT2D eigenvalue weighted by Crippen LogP contribution is -2.28. The summed E-state index contributed by atoms with van der Waals surface area (Å²) in [6.07, 6.45) is 1.84. The van der Waals surface area contributed by atoms with Gasteiger partial charge in [-0.05, 0) is 13.5 Å². The van der Waals surface area contributed by atoms with Crippen molar-refractivity contribution >= 4 is 0 Å². The molecular formula is C7H13NO2. The third-order valence-electron chi connectivity index (χ3n) is 2.58. The number of ether oxygens (including phenoxy) is 1. The molecule has 1 heterocycles. The van der Waals surface area contributed by atoms with Gasteiger partial charge in [-0.15, -0.1) is 0 Å². The first-order valence-corrected chi connectivity index (χ1v) is 3.80. The van der Waals surface area contributed by atoms with Crippen LogP contribution < -0.4 is 5.32 Å². The summed E-state index contributed by atoms with van der Waals surface area (Å²) in [5, 5.41) is 12.1. The van der Waals surface area contributed by atoms with E-state index in [1.807, 2.05) is 7.05 Å². The average molecular weight is 143 g/mol. The number of rotatable bonds is 2. The summed E-state index contributed by atoms with van der Waals surface area (Å²) in [6.45, 7) is 0.277. The Balaban J connectivity index is 1.95. The Morgan fingerprint density at radius 2 is 2.40 bits per heavy atom. The number of aliphatic hydroxyl groups excluding tert-OH is 1. The number of hydrogen-bond donors (Lipinski definition) is 2. The molecule has 2 unspecified atom stereocenters. The minimum atomic E-state index is 0.277. The molecule has 0 bridgehead atoms. The maximum Gasteiger partial charge on any atom is 0.0998 e. The lowest BCUT2D eigenvalue weighted by atomic mass is 10.1. The fourth-order valence-corrected chi connectivity index (χ4v) is 1.89. The molecule has 0 amide bonds. The SMILES string of the molecule is CN[C@@H]1CC(CO)[C@H]2OC21. The Hall–Kier alpha value is -0.120. The minimum Gasteiger partial charge on any atom is -0.396 e. The van der Waals surface area contributed by atoms with Crippen LogP contribution in [0.3, 0.4) is 0 Å². The van der Waals surface area contributed by atoms with E-state index in [0.29, 0.717) is 24.2 Å². The van der Waals surface area contributed by atoms with Crippen molar-refractivity contribution in [1.82, 2.24) is 5.32 Å². The van der Waals surface area contributed by atoms with Crippen LogP contribution in [0.2, 0.25) is 0 Å². The largest absolute Gasteiger partial charge is 0.396 e. The highest BCUT2D eigenvalue weighted by Crippen LogP contribution is 2.42. The fourth-order valence-electron chi connectivity index (χ4n) is 1.89. The predicted molar refractivity (Wildman–Crippen MR) is 36.7 cm³/mol. The maximum atomic E-state index is 8.87. The lowest BCUT2D eigenvalue weighted by Gasteiger charge is -2.11. The Bertz CT molecular complexity index is 126. The van der Waals surface area contributed by atoms with E-state index in [-0.39, 0.29) is 6.61 Å². The summed E-state index contributed by atoms with van der Waals surface area (Å²) in [5.41, 5.74) is 0. The second-order valence-electron chi connectivity index (χ2n) is 3.14. The molecule has 0 aromatic rings. The van der Waals surface area contributed by atoms with Crippen molar-refractivity contribution in [2.45, 2.75) is 24.7 Å². The number of aliphatic hydroxyl groups is 1. The monoisotopic (exact) mass is 143 g/mol. The van der Waals surface area contributed by atoms with Crippen LogP contribution in [0.15, 0.2) is 0 Å². The normalized spacial score (nSPS) is 51.0. The van der Waals surface area contributed by atoms with Crippen LogP contribution in [-0.2, 0) is 4.74 Å². The molecule has 0 spiro atoms. The first-order chi connectivity index (χ1) is 4.86. The van der Waals surface area contributed by atoms with Crippen LogP contribution in [0.4, 0.5) is 0 Å². The van der Waals surface area contributed by atoms with Gasteiger partial charge in [-0.25, -0.2) is 0 Å². The van der Waals surface area contributed by atoms with Crippen LogP contribution >= 0.6 is 0 Å². The summed E-state index contributed by atoms with van der Waals surface area (Å²) in [4.78, 5) is 0. The molecular weight excluding hydrogens is 130 g/mol. The summed E-state index contributed by atoms with van der Waals surface area (Å²) in [5.74, 6) is 0.391. The molecule has 2 rings (SSSR count). The van der Waals surface area contributed by atoms with E-state index in [1.165, 1.54) is 0 Å². The van der Waals surface area contributed by atoms with Crippen LogP contribution in [0, 0.1) is 5.92 Å². The molecule has 0 radical (unpaired) electrons. The van der Waals surface area contributed by atoms with E-state index in [4.69, 9.17) is 9.84 Å². The van der Waals surface area contributed by atoms with E-state index < -0.39 is 0 Å². The van der Waals surface area contributed by atoms with Gasteiger partial charge in [0, 0.05) is 18.6 Å². The molecule has 1 saturated carbocycles. The minimum absolute atomic E-state index is 0.277. The fraction of sp³-hybridized carbons (Fsp3) is 1.00. The van der Waals surface area contributed by atoms with E-state index in [1.54, 1.807) is 0 Å². The molecule has 58 valence electrons. The van der Waals surface area contributed by atoms with Crippen molar-refractivity contribution in [2.24, 2.45) is 5.92 Å². The van der Waals surface area contributed by atoms with Gasteiger partial charge in [0.1, 0.15) is 0 Å². The highest BCUT2D eigenvalue weighted by atomic mass is 16.6. The van der Waals surface area contributed by atoms with Crippen LogP contribution in [0.5, 0.6) is 0 Å². The molecule has 1 aliphatic carbocycles. The highest BCUT2D eigenvalue weighted by molar-refractivity contribution is 5.05. The van der Waals surface area contributed by atoms with Crippen LogP contribution in [0.25, 0.3) is 0 Å². The number of epoxide rings is 1. The van der Waals surface area contributed by atoms with Gasteiger partial charge in [0.05, 0.1) is 12.2 Å². The van der Waals surface area contributed by atoms with Crippen molar-refractivity contribution < 1.29 is 9.84 Å². The van der Waals surface area contributed by atoms with Gasteiger partial charge in [-0.3, -0.25) is 0 Å². The lowest BCUT2D eigenvalue weighted by molar-refractivity contribution is 0.161. The molecule has 0 aromatic carbocycles. The van der Waals surface area contributed by atoms with Crippen molar-refractivity contribution in [3.8, 4) is 0 Å². The summed E-state index contributed by atoms with van der Waals surface area (Å²) >= 11 is 0. The molecule has 1 aliphatic heterocycles. The third-order valence-corrected chi connectivity index (χ3v) is 2.58. The first-order valence-electron chi connectivity index (χ1n) is 3.80. The number of nitrogens with one attached hydrogen (secondary N) is 1. The molecule has 4 atom stereocenters. The van der Waals surface area contributed by atoms with Gasteiger partial charge in [-0.2, -0.15) is 0 Å². The summed E-state index contributed by atoms with van der Waals surface area (Å²) in [7, 11) is 1.95. The molecule has 1 saturated heterocycles. The summed E-state index contributed by atoms with van der Waals surface area (Å²) < 4.78 is 5.34. The third kappa shape index (κ3) is 0.779. The van der Waals surface area contributed by atoms with E-state index in [0.717, 1.165) is 6.42 Å². The maximum absolute atomic E-state index is 8.87. The average Bonchev–Trinajstić information content (AvgIpc) is 2.67. The first kappa shape index (κ1) is 6.58. The second kappa shape index (κ2) is 2.19. The quantitative estimate of drug-likeness (QED) is 0.505. The molecule has 2 fully saturated rings. The zero-order chi connectivity index (χ0) is 7.14. The molecule has 3 heteroatoms. The number of likely N-dealkylation sites (N-methyl/N-ethyl adjacent to an activating group) is 1. The summed E-state index contributed by atoms with van der Waals surface area (Å²) in [6, 6.07) is 0.488. The molecule has 3 nitrogen and oxygen atoms in total.